The van der Waals surface area contributed by atoms with Gasteiger partial charge in [-0.15, -0.1) is 0 Å². The van der Waals surface area contributed by atoms with Gasteiger partial charge < -0.3 is 0 Å². The maximum atomic E-state index is 12.0. The number of amides is 2. The number of aryl methyl sites for hydroxylation is 1. The molecule has 2 N–H and O–H groups in total. The Labute approximate surface area is 145 Å². The van der Waals surface area contributed by atoms with Crippen LogP contribution < -0.4 is 10.9 Å². The molecular formula is C15H11BrCl2N2O2. The first-order valence-electron chi connectivity index (χ1n) is 6.20. The zero-order chi connectivity index (χ0) is 16.3. The molecule has 0 unspecified atom stereocenters. The minimum Gasteiger partial charge on any atom is -0.267 e. The first-order chi connectivity index (χ1) is 10.4. The fourth-order valence-electron chi connectivity index (χ4n) is 1.68. The van der Waals surface area contributed by atoms with Gasteiger partial charge in [-0.1, -0.05) is 45.2 Å². The van der Waals surface area contributed by atoms with Crippen molar-refractivity contribution >= 4 is 50.9 Å². The van der Waals surface area contributed by atoms with E-state index >= 15 is 0 Å². The van der Waals surface area contributed by atoms with Crippen LogP contribution in [-0.2, 0) is 0 Å². The van der Waals surface area contributed by atoms with E-state index in [1.165, 1.54) is 18.2 Å². The summed E-state index contributed by atoms with van der Waals surface area (Å²) in [6.45, 7) is 1.91. The smallest absolute Gasteiger partial charge is 0.267 e. The van der Waals surface area contributed by atoms with Crippen LogP contribution in [0.4, 0.5) is 0 Å². The lowest BCUT2D eigenvalue weighted by Crippen LogP contribution is -2.41. The Morgan fingerprint density at radius 2 is 1.45 bits per heavy atom. The van der Waals surface area contributed by atoms with Crippen LogP contribution in [-0.4, -0.2) is 11.8 Å². The van der Waals surface area contributed by atoms with Crippen LogP contribution >= 0.6 is 39.1 Å². The van der Waals surface area contributed by atoms with E-state index < -0.39 is 11.8 Å². The molecule has 2 rings (SSSR count). The molecule has 7 heteroatoms. The Kier molecular flexibility index (Phi) is 5.45. The van der Waals surface area contributed by atoms with Gasteiger partial charge in [-0.2, -0.15) is 0 Å². The number of hydrogen-bond acceptors (Lipinski definition) is 2. The monoisotopic (exact) mass is 400 g/mol. The number of carbonyl (C=O) groups is 2. The number of hydrazine groups is 1. The van der Waals surface area contributed by atoms with Crippen LogP contribution in [0, 0.1) is 6.92 Å². The van der Waals surface area contributed by atoms with E-state index in [2.05, 4.69) is 26.8 Å². The minimum atomic E-state index is -0.510. The van der Waals surface area contributed by atoms with Crippen molar-refractivity contribution in [3.63, 3.8) is 0 Å². The molecule has 2 aromatic carbocycles. The third-order valence-corrected chi connectivity index (χ3v) is 4.14. The lowest BCUT2D eigenvalue weighted by Gasteiger charge is -2.09. The third-order valence-electron chi connectivity index (χ3n) is 2.85. The summed E-state index contributed by atoms with van der Waals surface area (Å²) in [5.41, 5.74) is 6.33. The topological polar surface area (TPSA) is 58.2 Å². The van der Waals surface area contributed by atoms with Gasteiger partial charge in [0.05, 0.1) is 0 Å². The normalized spacial score (nSPS) is 10.2. The van der Waals surface area contributed by atoms with Crippen LogP contribution in [0.5, 0.6) is 0 Å². The molecule has 0 atom stereocenters. The number of halogens is 3. The van der Waals surface area contributed by atoms with Crippen molar-refractivity contribution in [3.05, 3.63) is 67.6 Å². The molecule has 0 aliphatic carbocycles. The number of rotatable bonds is 2. The Morgan fingerprint density at radius 3 is 2.00 bits per heavy atom. The van der Waals surface area contributed by atoms with Gasteiger partial charge in [0.2, 0.25) is 0 Å². The van der Waals surface area contributed by atoms with Crippen molar-refractivity contribution < 1.29 is 9.59 Å². The molecule has 0 spiro atoms. The van der Waals surface area contributed by atoms with E-state index in [0.717, 1.165) is 10.0 Å². The molecule has 0 radical (unpaired) electrons. The highest BCUT2D eigenvalue weighted by Gasteiger charge is 2.11. The Balaban J connectivity index is 2.04. The molecule has 0 saturated carbocycles. The molecule has 114 valence electrons. The number of carbonyl (C=O) groups excluding carboxylic acids is 2. The van der Waals surface area contributed by atoms with E-state index in [0.29, 0.717) is 15.6 Å². The first-order valence-corrected chi connectivity index (χ1v) is 7.74. The summed E-state index contributed by atoms with van der Waals surface area (Å²) in [7, 11) is 0. The summed E-state index contributed by atoms with van der Waals surface area (Å²) in [6.07, 6.45) is 0. The molecule has 4 nitrogen and oxygen atoms in total. The molecule has 0 fully saturated rings. The van der Waals surface area contributed by atoms with Crippen LogP contribution in [0.1, 0.15) is 26.3 Å². The van der Waals surface area contributed by atoms with Gasteiger partial charge in [-0.05, 0) is 42.8 Å². The molecule has 22 heavy (non-hydrogen) atoms. The van der Waals surface area contributed by atoms with Crippen molar-refractivity contribution in [2.75, 3.05) is 0 Å². The standard InChI is InChI=1S/C15H11BrCl2N2O2/c1-8-2-3-9(6-13(8)16)14(21)19-20-15(22)10-4-11(17)7-12(18)5-10/h2-7H,1H3,(H,19,21)(H,20,22). The summed E-state index contributed by atoms with van der Waals surface area (Å²) in [5, 5.41) is 0.679. The van der Waals surface area contributed by atoms with Gasteiger partial charge in [-0.25, -0.2) is 0 Å². The average molecular weight is 402 g/mol. The first kappa shape index (κ1) is 16.8. The highest BCUT2D eigenvalue weighted by atomic mass is 79.9. The Bertz CT molecular complexity index is 730. The van der Waals surface area contributed by atoms with E-state index in [1.807, 2.05) is 6.92 Å². The van der Waals surface area contributed by atoms with Gasteiger partial charge in [0, 0.05) is 25.6 Å². The zero-order valence-electron chi connectivity index (χ0n) is 11.4. The summed E-state index contributed by atoms with van der Waals surface area (Å²) >= 11 is 15.0. The minimum absolute atomic E-state index is 0.253. The number of hydrogen-bond donors (Lipinski definition) is 2. The molecule has 0 aliphatic heterocycles. The Morgan fingerprint density at radius 1 is 0.909 bits per heavy atom. The fourth-order valence-corrected chi connectivity index (χ4v) is 2.58. The van der Waals surface area contributed by atoms with Gasteiger partial charge in [0.25, 0.3) is 11.8 Å². The van der Waals surface area contributed by atoms with Gasteiger partial charge >= 0.3 is 0 Å². The van der Waals surface area contributed by atoms with E-state index in [1.54, 1.807) is 18.2 Å². The lowest BCUT2D eigenvalue weighted by molar-refractivity contribution is 0.0846. The molecule has 0 aliphatic rings. The second kappa shape index (κ2) is 7.13. The van der Waals surface area contributed by atoms with Crippen LogP contribution in [0.3, 0.4) is 0 Å². The van der Waals surface area contributed by atoms with Gasteiger partial charge in [0.15, 0.2) is 0 Å². The third kappa shape index (κ3) is 4.22. The molecule has 2 aromatic rings. The van der Waals surface area contributed by atoms with Crippen LogP contribution in [0.25, 0.3) is 0 Å². The molecule has 0 heterocycles. The molecule has 0 bridgehead atoms. The second-order valence-electron chi connectivity index (χ2n) is 4.53. The predicted molar refractivity (Wildman–Crippen MR) is 90.3 cm³/mol. The van der Waals surface area contributed by atoms with Crippen molar-refractivity contribution in [3.8, 4) is 0 Å². The van der Waals surface area contributed by atoms with Crippen molar-refractivity contribution in [1.29, 1.82) is 0 Å². The molecule has 0 saturated heterocycles. The van der Waals surface area contributed by atoms with Crippen LogP contribution in [0.2, 0.25) is 10.0 Å². The predicted octanol–water partition coefficient (Wildman–Crippen LogP) is 4.14. The van der Waals surface area contributed by atoms with E-state index in [-0.39, 0.29) is 5.56 Å². The van der Waals surface area contributed by atoms with Gasteiger partial charge in [0.1, 0.15) is 0 Å². The van der Waals surface area contributed by atoms with Gasteiger partial charge in [-0.3, -0.25) is 20.4 Å². The highest BCUT2D eigenvalue weighted by Crippen LogP contribution is 2.19. The molecular weight excluding hydrogens is 391 g/mol. The van der Waals surface area contributed by atoms with E-state index in [9.17, 15) is 9.59 Å². The largest absolute Gasteiger partial charge is 0.269 e. The van der Waals surface area contributed by atoms with Crippen molar-refractivity contribution in [1.82, 2.24) is 10.9 Å². The summed E-state index contributed by atoms with van der Waals surface area (Å²) in [5.74, 6) is -0.939. The zero-order valence-corrected chi connectivity index (χ0v) is 14.5. The van der Waals surface area contributed by atoms with Crippen molar-refractivity contribution in [2.24, 2.45) is 0 Å². The second-order valence-corrected chi connectivity index (χ2v) is 6.26. The summed E-state index contributed by atoms with van der Waals surface area (Å²) in [4.78, 5) is 23.9. The quantitative estimate of drug-likeness (QED) is 0.743. The molecule has 0 aromatic heterocycles. The molecule has 2 amide bonds. The Hall–Kier alpha value is -1.56. The highest BCUT2D eigenvalue weighted by molar-refractivity contribution is 9.10. The van der Waals surface area contributed by atoms with Crippen molar-refractivity contribution in [2.45, 2.75) is 6.92 Å². The maximum Gasteiger partial charge on any atom is 0.269 e. The SMILES string of the molecule is Cc1ccc(C(=O)NNC(=O)c2cc(Cl)cc(Cl)c2)cc1Br. The fraction of sp³-hybridized carbons (Fsp3) is 0.0667. The summed E-state index contributed by atoms with van der Waals surface area (Å²) in [6, 6.07) is 9.57. The van der Waals surface area contributed by atoms with Crippen LogP contribution in [0.15, 0.2) is 40.9 Å². The average Bonchev–Trinajstić information content (AvgIpc) is 2.46. The number of nitrogens with one attached hydrogen (secondary N) is 2. The number of benzene rings is 2. The summed E-state index contributed by atoms with van der Waals surface area (Å²) < 4.78 is 0.813. The van der Waals surface area contributed by atoms with E-state index in [4.69, 9.17) is 23.2 Å². The maximum absolute atomic E-state index is 12.0. The lowest BCUT2D eigenvalue weighted by atomic mass is 10.1.